The Hall–Kier alpha value is -3.37. The Bertz CT molecular complexity index is 1120. The van der Waals surface area contributed by atoms with Crippen LogP contribution in [0.15, 0.2) is 63.6 Å². The maximum Gasteiger partial charge on any atom is 0.301 e. The molecule has 0 amide bonds. The highest BCUT2D eigenvalue weighted by atomic mass is 35.5. The molecule has 27 heavy (non-hydrogen) atoms. The zero-order chi connectivity index (χ0) is 19.6. The molecule has 3 aromatic rings. The van der Waals surface area contributed by atoms with Gasteiger partial charge in [-0.2, -0.15) is 9.80 Å². The molecule has 0 spiro atoms. The summed E-state index contributed by atoms with van der Waals surface area (Å²) >= 11 is 10.8. The summed E-state index contributed by atoms with van der Waals surface area (Å²) in [7, 11) is 0. The lowest BCUT2D eigenvalue weighted by Gasteiger charge is -2.00. The third-order valence-electron chi connectivity index (χ3n) is 3.53. The maximum absolute atomic E-state index is 12.5. The Kier molecular flexibility index (Phi) is 5.10. The van der Waals surface area contributed by atoms with Gasteiger partial charge in [0, 0.05) is 22.7 Å². The minimum Gasteiger partial charge on any atom is -0.374 e. The van der Waals surface area contributed by atoms with Crippen LogP contribution < -0.4 is 11.3 Å². The average molecular weight is 403 g/mol. The van der Waals surface area contributed by atoms with Crippen LogP contribution >= 0.6 is 23.8 Å². The van der Waals surface area contributed by atoms with Crippen molar-refractivity contribution in [1.82, 2.24) is 9.78 Å². The van der Waals surface area contributed by atoms with Crippen LogP contribution in [-0.4, -0.2) is 19.8 Å². The largest absolute Gasteiger partial charge is 0.374 e. The summed E-state index contributed by atoms with van der Waals surface area (Å²) in [6, 6.07) is 12.2. The van der Waals surface area contributed by atoms with E-state index >= 15 is 0 Å². The maximum atomic E-state index is 12.5. The monoisotopic (exact) mass is 402 g/mol. The van der Waals surface area contributed by atoms with Gasteiger partial charge in [-0.05, 0) is 42.5 Å². The number of halogens is 1. The van der Waals surface area contributed by atoms with E-state index in [1.54, 1.807) is 24.3 Å². The fraction of sp³-hybridized carbons (Fsp3) is 0. The number of nitrogens with two attached hydrogens (primary N) is 1. The summed E-state index contributed by atoms with van der Waals surface area (Å²) in [6.45, 7) is 0. The molecule has 0 saturated heterocycles. The fourth-order valence-electron chi connectivity index (χ4n) is 2.27. The van der Waals surface area contributed by atoms with Crippen molar-refractivity contribution < 1.29 is 4.92 Å². The number of non-ortho nitro benzene ring substituents is 1. The molecule has 3 N–H and O–H groups in total. The highest BCUT2D eigenvalue weighted by Crippen LogP contribution is 2.29. The predicted molar refractivity (Wildman–Crippen MR) is 105 cm³/mol. The molecule has 0 saturated carbocycles. The van der Waals surface area contributed by atoms with Gasteiger partial charge in [-0.3, -0.25) is 20.0 Å². The molecule has 0 radical (unpaired) electrons. The quantitative estimate of drug-likeness (QED) is 0.295. The normalized spacial score (nSPS) is 11.0. The number of nitro groups is 1. The first-order valence-corrected chi connectivity index (χ1v) is 8.22. The van der Waals surface area contributed by atoms with Crippen LogP contribution in [0.2, 0.25) is 5.02 Å². The summed E-state index contributed by atoms with van der Waals surface area (Å²) in [4.78, 5) is 22.8. The van der Waals surface area contributed by atoms with Crippen LogP contribution in [-0.2, 0) is 0 Å². The number of hydrogen-bond donors (Lipinski definition) is 2. The Morgan fingerprint density at radius 2 is 1.93 bits per heavy atom. The first-order valence-electron chi connectivity index (χ1n) is 7.44. The van der Waals surface area contributed by atoms with E-state index in [1.807, 2.05) is 0 Å². The molecule has 0 aliphatic heterocycles. The summed E-state index contributed by atoms with van der Waals surface area (Å²) in [5.41, 5.74) is 6.02. The molecule has 2 aromatic carbocycles. The van der Waals surface area contributed by atoms with Crippen LogP contribution in [0.25, 0.3) is 11.3 Å². The summed E-state index contributed by atoms with van der Waals surface area (Å²) in [5, 5.41) is 21.9. The van der Waals surface area contributed by atoms with Gasteiger partial charge in [0.1, 0.15) is 0 Å². The highest BCUT2D eigenvalue weighted by Gasteiger charge is 2.18. The van der Waals surface area contributed by atoms with Crippen LogP contribution in [0.5, 0.6) is 0 Å². The molecular weight excluding hydrogens is 392 g/mol. The van der Waals surface area contributed by atoms with Crippen LogP contribution in [0.4, 0.5) is 17.1 Å². The highest BCUT2D eigenvalue weighted by molar-refractivity contribution is 7.80. The van der Waals surface area contributed by atoms with Crippen molar-refractivity contribution in [3.8, 4) is 11.3 Å². The van der Waals surface area contributed by atoms with E-state index in [4.69, 9.17) is 29.6 Å². The number of thiocarbonyl (C=S) groups is 1. The van der Waals surface area contributed by atoms with Crippen molar-refractivity contribution >= 4 is 46.0 Å². The van der Waals surface area contributed by atoms with Crippen molar-refractivity contribution in [3.05, 3.63) is 74.0 Å². The second kappa shape index (κ2) is 7.48. The minimum absolute atomic E-state index is 0.0448. The zero-order valence-corrected chi connectivity index (χ0v) is 15.1. The number of rotatable bonds is 4. The molecule has 9 nitrogen and oxygen atoms in total. The third kappa shape index (κ3) is 3.91. The Balaban J connectivity index is 2.10. The van der Waals surface area contributed by atoms with Crippen molar-refractivity contribution in [3.63, 3.8) is 0 Å². The molecule has 0 unspecified atom stereocenters. The second-order valence-corrected chi connectivity index (χ2v) is 6.15. The molecule has 3 rings (SSSR count). The van der Waals surface area contributed by atoms with Crippen molar-refractivity contribution in [2.45, 2.75) is 0 Å². The van der Waals surface area contributed by atoms with Gasteiger partial charge in [-0.1, -0.05) is 17.7 Å². The first kappa shape index (κ1) is 18.4. The lowest BCUT2D eigenvalue weighted by atomic mass is 10.1. The van der Waals surface area contributed by atoms with Gasteiger partial charge in [-0.15, -0.1) is 5.11 Å². The van der Waals surface area contributed by atoms with Gasteiger partial charge < -0.3 is 5.73 Å². The number of benzene rings is 2. The lowest BCUT2D eigenvalue weighted by Crippen LogP contribution is -2.29. The van der Waals surface area contributed by atoms with Gasteiger partial charge in [-0.25, -0.2) is 0 Å². The van der Waals surface area contributed by atoms with E-state index in [-0.39, 0.29) is 22.2 Å². The fourth-order valence-corrected chi connectivity index (χ4v) is 2.59. The van der Waals surface area contributed by atoms with E-state index in [2.05, 4.69) is 15.3 Å². The SMILES string of the molecule is NC(=S)n1[nH]c(-c2ccc([N+](=O)[O-])cc2)c(N=Nc2cccc(Cl)c2)c1=O. The summed E-state index contributed by atoms with van der Waals surface area (Å²) in [5.74, 6) is 0. The van der Waals surface area contributed by atoms with E-state index in [0.717, 1.165) is 4.68 Å². The molecule has 0 fully saturated rings. The lowest BCUT2D eigenvalue weighted by molar-refractivity contribution is -0.384. The summed E-state index contributed by atoms with van der Waals surface area (Å²) < 4.78 is 0.943. The van der Waals surface area contributed by atoms with E-state index < -0.39 is 10.5 Å². The molecule has 0 aliphatic rings. The number of aromatic nitrogens is 2. The molecule has 0 atom stereocenters. The minimum atomic E-state index is -0.596. The topological polar surface area (TPSA) is 132 Å². The number of azo groups is 1. The van der Waals surface area contributed by atoms with Crippen molar-refractivity contribution in [2.75, 3.05) is 0 Å². The number of hydrogen-bond acceptors (Lipinski definition) is 6. The van der Waals surface area contributed by atoms with E-state index in [9.17, 15) is 14.9 Å². The van der Waals surface area contributed by atoms with Gasteiger partial charge in [0.05, 0.1) is 16.3 Å². The molecule has 1 heterocycles. The molecule has 1 aromatic heterocycles. The number of nitrogens with zero attached hydrogens (tertiary/aromatic N) is 4. The smallest absolute Gasteiger partial charge is 0.301 e. The Morgan fingerprint density at radius 1 is 1.22 bits per heavy atom. The van der Waals surface area contributed by atoms with Gasteiger partial charge in [0.2, 0.25) is 0 Å². The summed E-state index contributed by atoms with van der Waals surface area (Å²) in [6.07, 6.45) is 0. The number of H-pyrrole nitrogens is 1. The third-order valence-corrected chi connectivity index (χ3v) is 3.94. The standard InChI is InChI=1S/C16H11ClN6O3S/c17-10-2-1-3-11(8-10)19-20-14-13(21-22(15(14)24)16(18)27)9-4-6-12(7-5-9)23(25)26/h1-8,21H,(H2,18,27). The van der Waals surface area contributed by atoms with E-state index in [0.29, 0.717) is 16.3 Å². The van der Waals surface area contributed by atoms with Crippen LogP contribution in [0.3, 0.4) is 0 Å². The van der Waals surface area contributed by atoms with Crippen molar-refractivity contribution in [1.29, 1.82) is 0 Å². The number of aromatic amines is 1. The second-order valence-electron chi connectivity index (χ2n) is 5.30. The molecule has 11 heteroatoms. The molecule has 0 aliphatic carbocycles. The van der Waals surface area contributed by atoms with Gasteiger partial charge >= 0.3 is 5.56 Å². The first-order chi connectivity index (χ1) is 12.9. The van der Waals surface area contributed by atoms with Gasteiger partial charge in [0.25, 0.3) is 5.69 Å². The van der Waals surface area contributed by atoms with E-state index in [1.165, 1.54) is 24.3 Å². The molecule has 0 bridgehead atoms. The molecular formula is C16H11ClN6O3S. The molecule has 136 valence electrons. The van der Waals surface area contributed by atoms with Gasteiger partial charge in [0.15, 0.2) is 10.8 Å². The Morgan fingerprint density at radius 3 is 2.52 bits per heavy atom. The van der Waals surface area contributed by atoms with Crippen LogP contribution in [0, 0.1) is 10.1 Å². The average Bonchev–Trinajstić information content (AvgIpc) is 2.97. The number of nitrogens with one attached hydrogen (secondary N) is 1. The number of nitro benzene ring substituents is 1. The van der Waals surface area contributed by atoms with Crippen LogP contribution in [0.1, 0.15) is 0 Å². The zero-order valence-electron chi connectivity index (χ0n) is 13.5. The Labute approximate surface area is 162 Å². The van der Waals surface area contributed by atoms with Crippen molar-refractivity contribution in [2.24, 2.45) is 16.0 Å². The predicted octanol–water partition coefficient (Wildman–Crippen LogP) is 3.91.